The van der Waals surface area contributed by atoms with Crippen LogP contribution in [0.1, 0.15) is 42.5 Å². The summed E-state index contributed by atoms with van der Waals surface area (Å²) in [5, 5.41) is 0. The second-order valence-corrected chi connectivity index (χ2v) is 6.30. The summed E-state index contributed by atoms with van der Waals surface area (Å²) in [6.45, 7) is 5.56. The van der Waals surface area contributed by atoms with Crippen LogP contribution in [-0.4, -0.2) is 25.8 Å². The van der Waals surface area contributed by atoms with Crippen molar-refractivity contribution in [1.29, 1.82) is 0 Å². The second-order valence-electron chi connectivity index (χ2n) is 6.30. The minimum Gasteiger partial charge on any atom is -0.494 e. The van der Waals surface area contributed by atoms with Crippen molar-refractivity contribution in [2.75, 3.05) is 19.8 Å². The van der Waals surface area contributed by atoms with Crippen LogP contribution in [0, 0.1) is 11.7 Å². The van der Waals surface area contributed by atoms with Crippen molar-refractivity contribution in [1.82, 2.24) is 0 Å². The zero-order valence-corrected chi connectivity index (χ0v) is 15.4. The van der Waals surface area contributed by atoms with E-state index >= 15 is 0 Å². The Balaban J connectivity index is 1.65. The molecular weight excluding hydrogens is 351 g/mol. The fraction of sp³-hybridized carbons (Fsp3) is 0.381. The maximum atomic E-state index is 14.5. The molecule has 1 saturated heterocycles. The van der Waals surface area contributed by atoms with Crippen LogP contribution in [0.3, 0.4) is 0 Å². The van der Waals surface area contributed by atoms with Crippen LogP contribution >= 0.6 is 0 Å². The van der Waals surface area contributed by atoms with Gasteiger partial charge in [0.2, 0.25) is 0 Å². The molecule has 27 heavy (non-hydrogen) atoms. The molecular formula is C21H23FO5. The Labute approximate surface area is 158 Å². The molecule has 5 nitrogen and oxygen atoms in total. The summed E-state index contributed by atoms with van der Waals surface area (Å²) in [4.78, 5) is 12.3. The Hall–Kier alpha value is -2.44. The highest BCUT2D eigenvalue weighted by atomic mass is 19.1. The number of carbonyl (C=O) groups is 1. The van der Waals surface area contributed by atoms with E-state index in [-0.39, 0.29) is 11.1 Å². The van der Waals surface area contributed by atoms with Gasteiger partial charge in [-0.1, -0.05) is 13.0 Å². The number of hydrogen-bond donors (Lipinski definition) is 0. The first-order chi connectivity index (χ1) is 13.1. The number of rotatable bonds is 6. The van der Waals surface area contributed by atoms with Crippen LogP contribution in [-0.2, 0) is 9.47 Å². The minimum absolute atomic E-state index is 0.118. The zero-order valence-electron chi connectivity index (χ0n) is 15.4. The molecule has 0 atom stereocenters. The quantitative estimate of drug-likeness (QED) is 0.550. The van der Waals surface area contributed by atoms with Crippen LogP contribution in [0.5, 0.6) is 11.5 Å². The smallest absolute Gasteiger partial charge is 0.343 e. The third-order valence-electron chi connectivity index (χ3n) is 4.38. The lowest BCUT2D eigenvalue weighted by Crippen LogP contribution is -2.27. The van der Waals surface area contributed by atoms with Gasteiger partial charge < -0.3 is 18.9 Å². The molecule has 1 aliphatic heterocycles. The second kappa shape index (κ2) is 8.97. The highest BCUT2D eigenvalue weighted by Gasteiger charge is 2.25. The van der Waals surface area contributed by atoms with Crippen molar-refractivity contribution in [2.45, 2.75) is 26.6 Å². The lowest BCUT2D eigenvalue weighted by atomic mass is 10.1. The summed E-state index contributed by atoms with van der Waals surface area (Å²) >= 11 is 0. The number of ether oxygens (including phenoxy) is 4. The summed E-state index contributed by atoms with van der Waals surface area (Å²) in [5.41, 5.74) is 0.398. The van der Waals surface area contributed by atoms with Gasteiger partial charge in [-0.2, -0.15) is 0 Å². The van der Waals surface area contributed by atoms with E-state index in [1.54, 1.807) is 24.3 Å². The number of hydrogen-bond acceptors (Lipinski definition) is 5. The fourth-order valence-electron chi connectivity index (χ4n) is 2.74. The Morgan fingerprint density at radius 1 is 1.07 bits per heavy atom. The molecule has 1 heterocycles. The Kier molecular flexibility index (Phi) is 6.42. The summed E-state index contributed by atoms with van der Waals surface area (Å²) in [6.07, 6.45) is 0.204. The van der Waals surface area contributed by atoms with Crippen LogP contribution in [0.4, 0.5) is 4.39 Å². The van der Waals surface area contributed by atoms with Gasteiger partial charge in [0.05, 0.1) is 25.4 Å². The molecule has 3 rings (SSSR count). The predicted molar refractivity (Wildman–Crippen MR) is 97.4 cm³/mol. The SMILES string of the molecule is CCOc1ccc(OC(=O)c2ccc(C3OCC(CC)CO3)c(F)c2)cc1. The zero-order chi connectivity index (χ0) is 19.2. The summed E-state index contributed by atoms with van der Waals surface area (Å²) in [5.74, 6) is 0.174. The van der Waals surface area contributed by atoms with E-state index in [0.29, 0.717) is 37.2 Å². The summed E-state index contributed by atoms with van der Waals surface area (Å²) < 4.78 is 36.3. The van der Waals surface area contributed by atoms with Gasteiger partial charge in [-0.15, -0.1) is 0 Å². The average molecular weight is 374 g/mol. The normalized spacial score (nSPS) is 19.5. The van der Waals surface area contributed by atoms with Crippen molar-refractivity contribution >= 4 is 5.97 Å². The van der Waals surface area contributed by atoms with Crippen LogP contribution in [0.25, 0.3) is 0 Å². The standard InChI is InChI=1S/C21H23FO5/c1-3-14-12-25-21(26-13-14)18-10-5-15(11-19(18)22)20(23)27-17-8-6-16(7-9-17)24-4-2/h5-11,14,21H,3-4,12-13H2,1-2H3. The van der Waals surface area contributed by atoms with E-state index in [9.17, 15) is 9.18 Å². The number of esters is 1. The molecule has 0 aromatic heterocycles. The number of halogens is 1. The Morgan fingerprint density at radius 2 is 1.74 bits per heavy atom. The maximum absolute atomic E-state index is 14.5. The maximum Gasteiger partial charge on any atom is 0.343 e. The average Bonchev–Trinajstić information content (AvgIpc) is 2.70. The molecule has 1 fully saturated rings. The molecule has 0 N–H and O–H groups in total. The summed E-state index contributed by atoms with van der Waals surface area (Å²) in [6, 6.07) is 10.8. The van der Waals surface area contributed by atoms with Gasteiger partial charge in [-0.3, -0.25) is 0 Å². The van der Waals surface area contributed by atoms with Crippen molar-refractivity contribution in [2.24, 2.45) is 5.92 Å². The molecule has 0 bridgehead atoms. The molecule has 0 saturated carbocycles. The molecule has 0 amide bonds. The molecule has 0 unspecified atom stereocenters. The largest absolute Gasteiger partial charge is 0.494 e. The van der Waals surface area contributed by atoms with E-state index in [1.807, 2.05) is 6.92 Å². The topological polar surface area (TPSA) is 54.0 Å². The van der Waals surface area contributed by atoms with Crippen molar-refractivity contribution < 1.29 is 28.1 Å². The van der Waals surface area contributed by atoms with Crippen molar-refractivity contribution in [3.63, 3.8) is 0 Å². The molecule has 144 valence electrons. The minimum atomic E-state index is -0.746. The lowest BCUT2D eigenvalue weighted by molar-refractivity contribution is -0.206. The Morgan fingerprint density at radius 3 is 2.33 bits per heavy atom. The molecule has 0 spiro atoms. The van der Waals surface area contributed by atoms with E-state index in [1.165, 1.54) is 12.1 Å². The molecule has 2 aromatic carbocycles. The lowest BCUT2D eigenvalue weighted by Gasteiger charge is -2.29. The van der Waals surface area contributed by atoms with Gasteiger partial charge in [0.1, 0.15) is 17.3 Å². The molecule has 0 aliphatic carbocycles. The van der Waals surface area contributed by atoms with Gasteiger partial charge in [0.15, 0.2) is 6.29 Å². The van der Waals surface area contributed by atoms with E-state index < -0.39 is 18.1 Å². The molecule has 1 aliphatic rings. The first-order valence-electron chi connectivity index (χ1n) is 9.08. The predicted octanol–water partition coefficient (Wildman–Crippen LogP) is 4.52. The number of carbonyl (C=O) groups excluding carboxylic acids is 1. The highest BCUT2D eigenvalue weighted by Crippen LogP contribution is 2.29. The number of benzene rings is 2. The third-order valence-corrected chi connectivity index (χ3v) is 4.38. The van der Waals surface area contributed by atoms with Gasteiger partial charge >= 0.3 is 5.97 Å². The van der Waals surface area contributed by atoms with E-state index in [2.05, 4.69) is 6.92 Å². The first kappa shape index (κ1) is 19.3. The molecule has 0 radical (unpaired) electrons. The van der Waals surface area contributed by atoms with E-state index in [4.69, 9.17) is 18.9 Å². The fourth-order valence-corrected chi connectivity index (χ4v) is 2.74. The molecule has 2 aromatic rings. The van der Waals surface area contributed by atoms with Crippen LogP contribution in [0.15, 0.2) is 42.5 Å². The van der Waals surface area contributed by atoms with Crippen LogP contribution < -0.4 is 9.47 Å². The van der Waals surface area contributed by atoms with Gasteiger partial charge in [0, 0.05) is 11.5 Å². The van der Waals surface area contributed by atoms with Crippen molar-refractivity contribution in [3.05, 3.63) is 59.4 Å². The summed E-state index contributed by atoms with van der Waals surface area (Å²) in [7, 11) is 0. The first-order valence-corrected chi connectivity index (χ1v) is 9.08. The van der Waals surface area contributed by atoms with Gasteiger partial charge in [-0.25, -0.2) is 9.18 Å². The van der Waals surface area contributed by atoms with Crippen molar-refractivity contribution in [3.8, 4) is 11.5 Å². The third kappa shape index (κ3) is 4.84. The van der Waals surface area contributed by atoms with Gasteiger partial charge in [0.25, 0.3) is 0 Å². The highest BCUT2D eigenvalue weighted by molar-refractivity contribution is 5.91. The van der Waals surface area contributed by atoms with Crippen LogP contribution in [0.2, 0.25) is 0 Å². The Bertz CT molecular complexity index is 767. The monoisotopic (exact) mass is 374 g/mol. The van der Waals surface area contributed by atoms with Gasteiger partial charge in [-0.05, 0) is 49.7 Å². The molecule has 6 heteroatoms. The van der Waals surface area contributed by atoms with E-state index in [0.717, 1.165) is 12.5 Å².